The van der Waals surface area contributed by atoms with Gasteiger partial charge >= 0.3 is 0 Å². The van der Waals surface area contributed by atoms with Crippen LogP contribution in [-0.4, -0.2) is 31.0 Å². The average molecular weight is 318 g/mol. The van der Waals surface area contributed by atoms with E-state index in [1.807, 2.05) is 5.43 Å². The molecule has 0 atom stereocenters. The molecular formula is C10H12BrN3O4. The molecule has 0 aromatic heterocycles. The van der Waals surface area contributed by atoms with Crippen LogP contribution in [-0.2, 0) is 4.79 Å². The topological polar surface area (TPSA) is 106 Å². The normalized spacial score (nSPS) is 10.4. The number of ether oxygens (including phenoxy) is 2. The van der Waals surface area contributed by atoms with E-state index in [1.165, 1.54) is 13.3 Å². The van der Waals surface area contributed by atoms with Crippen LogP contribution in [0.25, 0.3) is 0 Å². The summed E-state index contributed by atoms with van der Waals surface area (Å²) in [5.41, 5.74) is 2.55. The first-order valence-electron chi connectivity index (χ1n) is 4.79. The van der Waals surface area contributed by atoms with Crippen molar-refractivity contribution in [2.24, 2.45) is 11.0 Å². The summed E-state index contributed by atoms with van der Waals surface area (Å²) in [4.78, 5) is 11.0. The molecule has 1 aromatic rings. The fourth-order valence-corrected chi connectivity index (χ4v) is 1.59. The quantitative estimate of drug-likeness (QED) is 0.243. The molecule has 8 heteroatoms. The molecule has 0 heterocycles. The van der Waals surface area contributed by atoms with Crippen LogP contribution in [0.15, 0.2) is 21.8 Å². The van der Waals surface area contributed by atoms with Crippen LogP contribution >= 0.6 is 15.9 Å². The van der Waals surface area contributed by atoms with Gasteiger partial charge in [0.15, 0.2) is 18.1 Å². The Bertz CT molecular complexity index is 465. The van der Waals surface area contributed by atoms with Gasteiger partial charge in [-0.3, -0.25) is 10.2 Å². The minimum atomic E-state index is -0.464. The third kappa shape index (κ3) is 3.60. The second-order valence-corrected chi connectivity index (χ2v) is 3.98. The van der Waals surface area contributed by atoms with E-state index in [9.17, 15) is 4.79 Å². The monoisotopic (exact) mass is 317 g/mol. The summed E-state index contributed by atoms with van der Waals surface area (Å²) in [5.74, 6) is 5.24. The van der Waals surface area contributed by atoms with Gasteiger partial charge in [-0.25, -0.2) is 5.84 Å². The van der Waals surface area contributed by atoms with Gasteiger partial charge in [-0.15, -0.1) is 0 Å². The molecule has 7 nitrogen and oxygen atoms in total. The van der Waals surface area contributed by atoms with Crippen LogP contribution in [0.2, 0.25) is 0 Å². The molecule has 0 bridgehead atoms. The average Bonchev–Trinajstić information content (AvgIpc) is 2.38. The number of nitrogens with one attached hydrogen (secondary N) is 1. The molecule has 1 amide bonds. The Morgan fingerprint density at radius 3 is 2.89 bits per heavy atom. The van der Waals surface area contributed by atoms with Crippen molar-refractivity contribution in [3.8, 4) is 11.5 Å². The van der Waals surface area contributed by atoms with E-state index in [0.717, 1.165) is 0 Å². The van der Waals surface area contributed by atoms with Crippen molar-refractivity contribution in [1.29, 1.82) is 0 Å². The number of methoxy groups -OCH3 is 1. The lowest BCUT2D eigenvalue weighted by molar-refractivity contribution is -0.123. The highest BCUT2D eigenvalue weighted by Gasteiger charge is 2.10. The minimum Gasteiger partial charge on any atom is -0.493 e. The summed E-state index contributed by atoms with van der Waals surface area (Å²) in [6.07, 6.45) is 1.24. The molecule has 0 saturated carbocycles. The van der Waals surface area contributed by atoms with E-state index in [2.05, 4.69) is 21.1 Å². The Kier molecular flexibility index (Phi) is 5.40. The Morgan fingerprint density at radius 1 is 1.61 bits per heavy atom. The van der Waals surface area contributed by atoms with E-state index < -0.39 is 5.91 Å². The number of carbonyl (C=O) groups excluding carboxylic acids is 1. The van der Waals surface area contributed by atoms with Crippen LogP contribution < -0.4 is 20.7 Å². The summed E-state index contributed by atoms with van der Waals surface area (Å²) < 4.78 is 11.0. The lowest BCUT2D eigenvalue weighted by Crippen LogP contribution is -2.34. The maximum atomic E-state index is 11.0. The van der Waals surface area contributed by atoms with Gasteiger partial charge in [-0.2, -0.15) is 0 Å². The molecule has 0 saturated heterocycles. The van der Waals surface area contributed by atoms with Gasteiger partial charge in [0, 0.05) is 10.0 Å². The molecule has 98 valence electrons. The Balaban J connectivity index is 2.97. The number of hydrazine groups is 1. The lowest BCUT2D eigenvalue weighted by atomic mass is 10.2. The number of hydrogen-bond donors (Lipinski definition) is 3. The maximum absolute atomic E-state index is 11.0. The largest absolute Gasteiger partial charge is 0.493 e. The van der Waals surface area contributed by atoms with Gasteiger partial charge in [0.05, 0.1) is 13.3 Å². The van der Waals surface area contributed by atoms with Crippen molar-refractivity contribution in [2.45, 2.75) is 0 Å². The van der Waals surface area contributed by atoms with Gasteiger partial charge < -0.3 is 14.7 Å². The molecule has 0 aliphatic heterocycles. The highest BCUT2D eigenvalue weighted by molar-refractivity contribution is 9.10. The van der Waals surface area contributed by atoms with Crippen molar-refractivity contribution in [3.63, 3.8) is 0 Å². The number of benzene rings is 1. The molecule has 18 heavy (non-hydrogen) atoms. The third-order valence-electron chi connectivity index (χ3n) is 2.00. The first-order valence-corrected chi connectivity index (χ1v) is 5.59. The van der Waals surface area contributed by atoms with Crippen molar-refractivity contribution in [3.05, 3.63) is 22.2 Å². The summed E-state index contributed by atoms with van der Waals surface area (Å²) in [5, 5.41) is 11.4. The number of nitrogens with two attached hydrogens (primary N) is 1. The molecule has 1 aromatic carbocycles. The molecule has 0 unspecified atom stereocenters. The van der Waals surface area contributed by atoms with Crippen molar-refractivity contribution in [1.82, 2.24) is 5.43 Å². The first kappa shape index (κ1) is 14.3. The van der Waals surface area contributed by atoms with Crippen LogP contribution in [0.3, 0.4) is 0 Å². The number of carbonyl (C=O) groups is 1. The summed E-state index contributed by atoms with van der Waals surface area (Å²) in [6, 6.07) is 3.19. The van der Waals surface area contributed by atoms with Crippen LogP contribution in [0.1, 0.15) is 5.56 Å². The van der Waals surface area contributed by atoms with Gasteiger partial charge in [0.2, 0.25) is 0 Å². The van der Waals surface area contributed by atoms with E-state index in [1.54, 1.807) is 12.1 Å². The Morgan fingerprint density at radius 2 is 2.33 bits per heavy atom. The smallest absolute Gasteiger partial charge is 0.271 e. The molecular weight excluding hydrogens is 306 g/mol. The minimum absolute atomic E-state index is 0.229. The van der Waals surface area contributed by atoms with Crippen LogP contribution in [0.5, 0.6) is 11.5 Å². The van der Waals surface area contributed by atoms with Crippen LogP contribution in [0.4, 0.5) is 0 Å². The van der Waals surface area contributed by atoms with Crippen molar-refractivity contribution >= 4 is 28.1 Å². The fraction of sp³-hybridized carbons (Fsp3) is 0.200. The number of rotatable bonds is 5. The van der Waals surface area contributed by atoms with E-state index in [-0.39, 0.29) is 6.61 Å². The summed E-state index contributed by atoms with van der Waals surface area (Å²) >= 11 is 3.27. The molecule has 0 aliphatic rings. The fourth-order valence-electron chi connectivity index (χ4n) is 1.17. The van der Waals surface area contributed by atoms with Gasteiger partial charge in [-0.05, 0) is 28.1 Å². The number of halogens is 1. The Labute approximate surface area is 112 Å². The maximum Gasteiger partial charge on any atom is 0.271 e. The van der Waals surface area contributed by atoms with Crippen molar-refractivity contribution < 1.29 is 19.5 Å². The zero-order chi connectivity index (χ0) is 13.5. The van der Waals surface area contributed by atoms with Gasteiger partial charge in [0.25, 0.3) is 5.91 Å². The molecule has 0 radical (unpaired) electrons. The number of amides is 1. The predicted molar refractivity (Wildman–Crippen MR) is 67.9 cm³/mol. The van der Waals surface area contributed by atoms with Gasteiger partial charge in [0.1, 0.15) is 0 Å². The molecule has 0 spiro atoms. The molecule has 0 fully saturated rings. The zero-order valence-corrected chi connectivity index (χ0v) is 11.1. The Hall–Kier alpha value is -1.80. The summed E-state index contributed by atoms with van der Waals surface area (Å²) in [6.45, 7) is -0.229. The predicted octanol–water partition coefficient (Wildman–Crippen LogP) is 0.635. The highest BCUT2D eigenvalue weighted by Crippen LogP contribution is 2.32. The van der Waals surface area contributed by atoms with Gasteiger partial charge in [-0.1, -0.05) is 5.16 Å². The second-order valence-electron chi connectivity index (χ2n) is 3.13. The second kappa shape index (κ2) is 6.82. The standard InChI is InChI=1S/C10H12BrN3O4/c1-17-8-2-6(4-13-16)7(11)3-9(8)18-5-10(15)14-12/h2-4,16H,5,12H2,1H3,(H,14,15)/b13-4+. The first-order chi connectivity index (χ1) is 8.62. The molecule has 1 rings (SSSR count). The van der Waals surface area contributed by atoms with E-state index in [0.29, 0.717) is 21.5 Å². The summed E-state index contributed by atoms with van der Waals surface area (Å²) in [7, 11) is 1.46. The lowest BCUT2D eigenvalue weighted by Gasteiger charge is -2.11. The molecule has 4 N–H and O–H groups in total. The number of oxime groups is 1. The zero-order valence-electron chi connectivity index (χ0n) is 9.51. The van der Waals surface area contributed by atoms with Crippen molar-refractivity contribution in [2.75, 3.05) is 13.7 Å². The van der Waals surface area contributed by atoms with Crippen LogP contribution in [0, 0.1) is 0 Å². The SMILES string of the molecule is COc1cc(/C=N/O)c(Br)cc1OCC(=O)NN. The highest BCUT2D eigenvalue weighted by atomic mass is 79.9. The van der Waals surface area contributed by atoms with E-state index in [4.69, 9.17) is 20.5 Å². The molecule has 0 aliphatic carbocycles. The van der Waals surface area contributed by atoms with E-state index >= 15 is 0 Å². The number of hydrogen-bond acceptors (Lipinski definition) is 6. The third-order valence-corrected chi connectivity index (χ3v) is 2.69. The number of nitrogens with zero attached hydrogens (tertiary/aromatic N) is 1.